The normalized spacial score (nSPS) is 10.7. The standard InChI is InChI=1S/C48H32N6O/c49-31-38-19-7-8-24-39(38)34-20-14-23-37(30-34)47-52-46(33-17-5-2-6-18-33)53-48(54-47)43-28-12-11-27-42(43)41-26-10-9-25-40(41)35-21-13-22-36(29-35)45(51)55-44(50)32-15-3-1-4-16-32/h1-30,50-51H. The SMILES string of the molecule is N#Cc1ccccc1-c1cccc(-c2nc(-c3ccccc3)nc(-c3ccccc3-c3ccccc3-c3cccc(C(=N)OC(=N)c4ccccc4)c3)n2)c1. The highest BCUT2D eigenvalue weighted by atomic mass is 16.5. The van der Waals surface area contributed by atoms with Crippen molar-refractivity contribution in [1.29, 1.82) is 16.1 Å². The molecule has 260 valence electrons. The van der Waals surface area contributed by atoms with Crippen LogP contribution in [0.3, 0.4) is 0 Å². The maximum Gasteiger partial charge on any atom is 0.221 e. The van der Waals surface area contributed by atoms with Crippen molar-refractivity contribution in [2.24, 2.45) is 0 Å². The van der Waals surface area contributed by atoms with Gasteiger partial charge in [-0.05, 0) is 69.8 Å². The monoisotopic (exact) mass is 708 g/mol. The van der Waals surface area contributed by atoms with E-state index >= 15 is 0 Å². The quantitative estimate of drug-likeness (QED) is 0.120. The Labute approximate surface area is 318 Å². The van der Waals surface area contributed by atoms with Crippen molar-refractivity contribution in [1.82, 2.24) is 15.0 Å². The zero-order valence-corrected chi connectivity index (χ0v) is 29.5. The van der Waals surface area contributed by atoms with Crippen LogP contribution in [0.15, 0.2) is 182 Å². The van der Waals surface area contributed by atoms with Gasteiger partial charge in [0.15, 0.2) is 17.5 Å². The van der Waals surface area contributed by atoms with Crippen molar-refractivity contribution in [3.05, 3.63) is 199 Å². The maximum atomic E-state index is 9.81. The number of nitriles is 1. The molecule has 1 aromatic heterocycles. The van der Waals surface area contributed by atoms with E-state index in [9.17, 15) is 5.26 Å². The lowest BCUT2D eigenvalue weighted by atomic mass is 9.91. The van der Waals surface area contributed by atoms with E-state index in [0.717, 1.165) is 50.1 Å². The lowest BCUT2D eigenvalue weighted by Gasteiger charge is -2.16. The van der Waals surface area contributed by atoms with Crippen LogP contribution in [0.4, 0.5) is 0 Å². The Morgan fingerprint density at radius 3 is 1.56 bits per heavy atom. The van der Waals surface area contributed by atoms with E-state index in [1.54, 1.807) is 12.1 Å². The minimum absolute atomic E-state index is 0.0874. The summed E-state index contributed by atoms with van der Waals surface area (Å²) in [4.78, 5) is 15.1. The van der Waals surface area contributed by atoms with Gasteiger partial charge in [0.1, 0.15) is 0 Å². The fourth-order valence-electron chi connectivity index (χ4n) is 6.52. The lowest BCUT2D eigenvalue weighted by Crippen LogP contribution is -2.12. The summed E-state index contributed by atoms with van der Waals surface area (Å²) in [5.41, 5.74) is 9.67. The Kier molecular flexibility index (Phi) is 9.61. The Hall–Kier alpha value is -7.82. The number of nitrogens with zero attached hydrogens (tertiary/aromatic N) is 4. The van der Waals surface area contributed by atoms with Crippen molar-refractivity contribution in [3.8, 4) is 73.6 Å². The van der Waals surface area contributed by atoms with Gasteiger partial charge in [0.05, 0.1) is 11.6 Å². The van der Waals surface area contributed by atoms with Gasteiger partial charge in [-0.3, -0.25) is 10.8 Å². The van der Waals surface area contributed by atoms with Gasteiger partial charge in [0, 0.05) is 27.8 Å². The van der Waals surface area contributed by atoms with Gasteiger partial charge < -0.3 is 4.74 Å². The van der Waals surface area contributed by atoms with E-state index < -0.39 is 0 Å². The third-order valence-electron chi connectivity index (χ3n) is 9.21. The van der Waals surface area contributed by atoms with E-state index in [4.69, 9.17) is 30.5 Å². The Morgan fingerprint density at radius 1 is 0.400 bits per heavy atom. The summed E-state index contributed by atoms with van der Waals surface area (Å²) in [7, 11) is 0. The summed E-state index contributed by atoms with van der Waals surface area (Å²) in [6.07, 6.45) is 0. The molecule has 8 aromatic rings. The van der Waals surface area contributed by atoms with Gasteiger partial charge in [0.2, 0.25) is 11.8 Å². The van der Waals surface area contributed by atoms with Crippen LogP contribution in [0.25, 0.3) is 67.5 Å². The van der Waals surface area contributed by atoms with Crippen LogP contribution in [0.1, 0.15) is 16.7 Å². The second-order valence-corrected chi connectivity index (χ2v) is 12.7. The maximum absolute atomic E-state index is 9.81. The summed E-state index contributed by atoms with van der Waals surface area (Å²) < 4.78 is 5.67. The Morgan fingerprint density at radius 2 is 0.855 bits per heavy atom. The van der Waals surface area contributed by atoms with Crippen LogP contribution in [0.2, 0.25) is 0 Å². The molecule has 0 amide bonds. The van der Waals surface area contributed by atoms with Crippen molar-refractivity contribution < 1.29 is 4.74 Å². The third kappa shape index (κ3) is 7.29. The van der Waals surface area contributed by atoms with Crippen molar-refractivity contribution >= 4 is 11.8 Å². The zero-order valence-electron chi connectivity index (χ0n) is 29.5. The summed E-state index contributed by atoms with van der Waals surface area (Å²) >= 11 is 0. The first-order valence-electron chi connectivity index (χ1n) is 17.7. The van der Waals surface area contributed by atoms with Crippen LogP contribution in [0, 0.1) is 22.1 Å². The molecule has 7 nitrogen and oxygen atoms in total. The molecule has 0 bridgehead atoms. The molecule has 0 fully saturated rings. The van der Waals surface area contributed by atoms with Gasteiger partial charge >= 0.3 is 0 Å². The molecule has 2 N–H and O–H groups in total. The highest BCUT2D eigenvalue weighted by Gasteiger charge is 2.19. The van der Waals surface area contributed by atoms with Crippen LogP contribution in [-0.2, 0) is 4.74 Å². The molecule has 8 rings (SSSR count). The largest absolute Gasteiger partial charge is 0.421 e. The van der Waals surface area contributed by atoms with Crippen LogP contribution in [0.5, 0.6) is 0 Å². The molecular weight excluding hydrogens is 677 g/mol. The number of rotatable bonds is 8. The van der Waals surface area contributed by atoms with Crippen LogP contribution < -0.4 is 0 Å². The van der Waals surface area contributed by atoms with E-state index in [2.05, 4.69) is 24.3 Å². The lowest BCUT2D eigenvalue weighted by molar-refractivity contribution is 0.538. The molecule has 0 saturated carbocycles. The zero-order chi connectivity index (χ0) is 37.6. The molecule has 55 heavy (non-hydrogen) atoms. The number of hydrogen-bond acceptors (Lipinski definition) is 7. The number of nitrogens with one attached hydrogen (secondary N) is 2. The second-order valence-electron chi connectivity index (χ2n) is 12.7. The van der Waals surface area contributed by atoms with Gasteiger partial charge in [-0.2, -0.15) is 5.26 Å². The molecule has 7 heteroatoms. The number of benzene rings is 7. The van der Waals surface area contributed by atoms with E-state index in [-0.39, 0.29) is 11.8 Å². The molecule has 7 aromatic carbocycles. The number of aromatic nitrogens is 3. The molecule has 0 aliphatic heterocycles. The van der Waals surface area contributed by atoms with Crippen molar-refractivity contribution in [3.63, 3.8) is 0 Å². The first-order valence-corrected chi connectivity index (χ1v) is 17.7. The number of ether oxygens (including phenoxy) is 1. The predicted octanol–water partition coefficient (Wildman–Crippen LogP) is 11.1. The summed E-state index contributed by atoms with van der Waals surface area (Å²) in [5, 5.41) is 26.9. The molecule has 0 saturated heterocycles. The Balaban J connectivity index is 1.22. The fraction of sp³-hybridized carbons (Fsp3) is 0. The van der Waals surface area contributed by atoms with Crippen LogP contribution in [-0.4, -0.2) is 26.7 Å². The predicted molar refractivity (Wildman–Crippen MR) is 218 cm³/mol. The molecule has 0 spiro atoms. The van der Waals surface area contributed by atoms with E-state index in [1.807, 2.05) is 152 Å². The highest BCUT2D eigenvalue weighted by molar-refractivity contribution is 6.05. The van der Waals surface area contributed by atoms with Crippen LogP contribution >= 0.6 is 0 Å². The molecule has 1 heterocycles. The summed E-state index contributed by atoms with van der Waals surface area (Å²) in [5.74, 6) is 1.37. The van der Waals surface area contributed by atoms with Gasteiger partial charge in [-0.1, -0.05) is 146 Å². The first kappa shape index (κ1) is 34.3. The molecular formula is C48H32N6O. The first-order chi connectivity index (χ1) is 27.1. The Bertz CT molecular complexity index is 2740. The third-order valence-corrected chi connectivity index (χ3v) is 9.21. The fourth-order valence-corrected chi connectivity index (χ4v) is 6.52. The molecule has 0 aliphatic carbocycles. The average molecular weight is 709 g/mol. The topological polar surface area (TPSA) is 119 Å². The highest BCUT2D eigenvalue weighted by Crippen LogP contribution is 2.38. The average Bonchev–Trinajstić information content (AvgIpc) is 3.27. The van der Waals surface area contributed by atoms with Crippen molar-refractivity contribution in [2.45, 2.75) is 0 Å². The number of hydrogen-bond donors (Lipinski definition) is 2. The molecule has 0 atom stereocenters. The smallest absolute Gasteiger partial charge is 0.221 e. The van der Waals surface area contributed by atoms with E-state index in [1.165, 1.54) is 0 Å². The van der Waals surface area contributed by atoms with Gasteiger partial charge in [-0.15, -0.1) is 0 Å². The van der Waals surface area contributed by atoms with Gasteiger partial charge in [0.25, 0.3) is 0 Å². The van der Waals surface area contributed by atoms with Crippen molar-refractivity contribution in [2.75, 3.05) is 0 Å². The summed E-state index contributed by atoms with van der Waals surface area (Å²) in [6, 6.07) is 60.6. The minimum Gasteiger partial charge on any atom is -0.421 e. The molecule has 0 unspecified atom stereocenters. The molecule has 0 aliphatic rings. The summed E-state index contributed by atoms with van der Waals surface area (Å²) in [6.45, 7) is 0. The second kappa shape index (κ2) is 15.4. The minimum atomic E-state index is -0.111. The van der Waals surface area contributed by atoms with Gasteiger partial charge in [-0.25, -0.2) is 15.0 Å². The molecule has 0 radical (unpaired) electrons. The van der Waals surface area contributed by atoms with E-state index in [0.29, 0.717) is 34.2 Å².